The maximum atomic E-state index is 13.4. The minimum atomic E-state index is -0.549. The molecule has 0 spiro atoms. The molecule has 1 aliphatic carbocycles. The van der Waals surface area contributed by atoms with Gasteiger partial charge in [-0.15, -0.1) is 0 Å². The molecule has 5 rings (SSSR count). The van der Waals surface area contributed by atoms with Gasteiger partial charge < -0.3 is 25.7 Å². The standard InChI is InChI=1S/C26H32N6O2/c27-17-26(10-6-20(7-11-26)23-28-13-14-29-23)25(33)31-22-8-12-30-24-21(22)9-15-32(24)18-34-16-19-4-2-1-3-5-19/h1-5,8-9,12,15,20H,6-7,10-11,13-14,16-18,27H2,(H,28,29)(H,30,31,33). The molecule has 178 valence electrons. The van der Waals surface area contributed by atoms with E-state index in [-0.39, 0.29) is 5.91 Å². The van der Waals surface area contributed by atoms with E-state index < -0.39 is 5.41 Å². The Morgan fingerprint density at radius 3 is 2.76 bits per heavy atom. The molecule has 0 saturated heterocycles. The van der Waals surface area contributed by atoms with Crippen molar-refractivity contribution in [2.45, 2.75) is 39.0 Å². The third kappa shape index (κ3) is 4.56. The van der Waals surface area contributed by atoms with Crippen LogP contribution in [0.1, 0.15) is 31.2 Å². The van der Waals surface area contributed by atoms with E-state index >= 15 is 0 Å². The van der Waals surface area contributed by atoms with Crippen molar-refractivity contribution >= 4 is 28.5 Å². The molecule has 34 heavy (non-hydrogen) atoms. The van der Waals surface area contributed by atoms with Gasteiger partial charge >= 0.3 is 0 Å². The van der Waals surface area contributed by atoms with Gasteiger partial charge in [0.05, 0.1) is 30.1 Å². The number of hydrogen-bond donors (Lipinski definition) is 3. The summed E-state index contributed by atoms with van der Waals surface area (Å²) in [6.07, 6.45) is 7.06. The average Bonchev–Trinajstić information content (AvgIpc) is 3.56. The second-order valence-corrected chi connectivity index (χ2v) is 9.25. The molecular formula is C26H32N6O2. The number of hydrogen-bond acceptors (Lipinski definition) is 6. The normalized spacial score (nSPS) is 22.4. The number of amidine groups is 1. The molecule has 2 aromatic heterocycles. The topological polar surface area (TPSA) is 107 Å². The summed E-state index contributed by atoms with van der Waals surface area (Å²) in [5, 5.41) is 7.45. The van der Waals surface area contributed by atoms with Crippen LogP contribution < -0.4 is 16.4 Å². The maximum Gasteiger partial charge on any atom is 0.231 e. The molecule has 1 fully saturated rings. The van der Waals surface area contributed by atoms with Gasteiger partial charge in [-0.2, -0.15) is 0 Å². The van der Waals surface area contributed by atoms with Crippen LogP contribution in [0.2, 0.25) is 0 Å². The summed E-state index contributed by atoms with van der Waals surface area (Å²) in [7, 11) is 0. The molecule has 0 radical (unpaired) electrons. The summed E-state index contributed by atoms with van der Waals surface area (Å²) in [4.78, 5) is 22.5. The first-order chi connectivity index (χ1) is 16.7. The van der Waals surface area contributed by atoms with Crippen LogP contribution in [0.4, 0.5) is 5.69 Å². The van der Waals surface area contributed by atoms with Crippen molar-refractivity contribution in [3.8, 4) is 0 Å². The fraction of sp³-hybridized carbons (Fsp3) is 0.423. The Morgan fingerprint density at radius 1 is 1.21 bits per heavy atom. The number of carbonyl (C=O) groups is 1. The molecule has 1 amide bonds. The van der Waals surface area contributed by atoms with E-state index in [1.165, 1.54) is 0 Å². The first kappa shape index (κ1) is 22.6. The van der Waals surface area contributed by atoms with Gasteiger partial charge in [-0.05, 0) is 43.4 Å². The smallest absolute Gasteiger partial charge is 0.231 e. The summed E-state index contributed by atoms with van der Waals surface area (Å²) in [6.45, 7) is 3.02. The molecule has 1 saturated carbocycles. The fourth-order valence-electron chi connectivity index (χ4n) is 5.05. The highest BCUT2D eigenvalue weighted by Crippen LogP contribution is 2.40. The van der Waals surface area contributed by atoms with Gasteiger partial charge in [0.2, 0.25) is 5.91 Å². The Balaban J connectivity index is 1.25. The van der Waals surface area contributed by atoms with Crippen LogP contribution in [0, 0.1) is 11.3 Å². The Hall–Kier alpha value is -3.23. The molecule has 1 aliphatic heterocycles. The van der Waals surface area contributed by atoms with Gasteiger partial charge in [-0.1, -0.05) is 30.3 Å². The Labute approximate surface area is 199 Å². The van der Waals surface area contributed by atoms with Crippen molar-refractivity contribution in [3.63, 3.8) is 0 Å². The van der Waals surface area contributed by atoms with E-state index in [2.05, 4.69) is 20.6 Å². The van der Waals surface area contributed by atoms with Crippen molar-refractivity contribution in [2.24, 2.45) is 22.1 Å². The number of fused-ring (bicyclic) bond motifs is 1. The number of carbonyl (C=O) groups excluding carboxylic acids is 1. The number of rotatable bonds is 8. The lowest BCUT2D eigenvalue weighted by Crippen LogP contribution is -2.46. The number of nitrogens with one attached hydrogen (secondary N) is 2. The quantitative estimate of drug-likeness (QED) is 0.478. The molecule has 0 unspecified atom stereocenters. The number of amides is 1. The molecule has 3 aromatic rings. The van der Waals surface area contributed by atoms with Crippen LogP contribution in [0.3, 0.4) is 0 Å². The highest BCUT2D eigenvalue weighted by Gasteiger charge is 2.42. The lowest BCUT2D eigenvalue weighted by molar-refractivity contribution is -0.127. The third-order valence-electron chi connectivity index (χ3n) is 7.15. The number of nitrogens with two attached hydrogens (primary N) is 1. The Kier molecular flexibility index (Phi) is 6.60. The minimum absolute atomic E-state index is 0.00431. The second kappa shape index (κ2) is 9.95. The predicted molar refractivity (Wildman–Crippen MR) is 133 cm³/mol. The first-order valence-electron chi connectivity index (χ1n) is 12.0. The third-order valence-corrected chi connectivity index (χ3v) is 7.15. The number of aliphatic imine (C=N–C) groups is 1. The molecule has 8 nitrogen and oxygen atoms in total. The van der Waals surface area contributed by atoms with Crippen LogP contribution in [0.5, 0.6) is 0 Å². The fourth-order valence-corrected chi connectivity index (χ4v) is 5.05. The zero-order valence-electron chi connectivity index (χ0n) is 19.4. The summed E-state index contributed by atoms with van der Waals surface area (Å²) in [5.74, 6) is 1.51. The van der Waals surface area contributed by atoms with Gasteiger partial charge in [0.1, 0.15) is 12.4 Å². The molecule has 0 atom stereocenters. The van der Waals surface area contributed by atoms with Gasteiger partial charge in [-0.3, -0.25) is 9.79 Å². The van der Waals surface area contributed by atoms with Crippen molar-refractivity contribution in [1.82, 2.24) is 14.9 Å². The number of aromatic nitrogens is 2. The monoisotopic (exact) mass is 460 g/mol. The molecule has 8 heteroatoms. The molecule has 1 aromatic carbocycles. The predicted octanol–water partition coefficient (Wildman–Crippen LogP) is 3.29. The SMILES string of the molecule is NCC1(C(=O)Nc2ccnc3c2ccn3COCc2ccccc2)CCC(C2=NCCN2)CC1. The minimum Gasteiger partial charge on any atom is -0.372 e. The first-order valence-corrected chi connectivity index (χ1v) is 12.0. The summed E-state index contributed by atoms with van der Waals surface area (Å²) in [6, 6.07) is 13.9. The van der Waals surface area contributed by atoms with Gasteiger partial charge in [0, 0.05) is 36.8 Å². The zero-order valence-corrected chi connectivity index (χ0v) is 19.4. The summed E-state index contributed by atoms with van der Waals surface area (Å²) < 4.78 is 7.83. The molecular weight excluding hydrogens is 428 g/mol. The van der Waals surface area contributed by atoms with Gasteiger partial charge in [0.15, 0.2) is 0 Å². The molecule has 4 N–H and O–H groups in total. The van der Waals surface area contributed by atoms with Crippen LogP contribution in [-0.2, 0) is 22.9 Å². The average molecular weight is 461 g/mol. The number of anilines is 1. The highest BCUT2D eigenvalue weighted by molar-refractivity contribution is 6.02. The lowest BCUT2D eigenvalue weighted by Gasteiger charge is -2.38. The van der Waals surface area contributed by atoms with Crippen LogP contribution in [0.15, 0.2) is 59.9 Å². The maximum absolute atomic E-state index is 13.4. The van der Waals surface area contributed by atoms with Gasteiger partial charge in [0.25, 0.3) is 0 Å². The second-order valence-electron chi connectivity index (χ2n) is 9.25. The number of ether oxygens (including phenoxy) is 1. The number of nitrogens with zero attached hydrogens (tertiary/aromatic N) is 3. The van der Waals surface area contributed by atoms with Crippen molar-refractivity contribution < 1.29 is 9.53 Å². The van der Waals surface area contributed by atoms with E-state index in [0.29, 0.717) is 25.8 Å². The van der Waals surface area contributed by atoms with E-state index in [9.17, 15) is 4.79 Å². The summed E-state index contributed by atoms with van der Waals surface area (Å²) in [5.41, 5.74) is 8.28. The van der Waals surface area contributed by atoms with Crippen LogP contribution >= 0.6 is 0 Å². The van der Waals surface area contributed by atoms with Crippen LogP contribution in [0.25, 0.3) is 11.0 Å². The van der Waals surface area contributed by atoms with Crippen molar-refractivity contribution in [1.29, 1.82) is 0 Å². The van der Waals surface area contributed by atoms with E-state index in [4.69, 9.17) is 10.5 Å². The lowest BCUT2D eigenvalue weighted by atomic mass is 9.69. The Morgan fingerprint density at radius 2 is 2.03 bits per heavy atom. The van der Waals surface area contributed by atoms with E-state index in [1.54, 1.807) is 6.20 Å². The molecule has 0 bridgehead atoms. The molecule has 2 aliphatic rings. The zero-order chi connectivity index (χ0) is 23.4. The van der Waals surface area contributed by atoms with Crippen LogP contribution in [-0.4, -0.2) is 40.9 Å². The van der Waals surface area contributed by atoms with Crippen molar-refractivity contribution in [2.75, 3.05) is 25.0 Å². The number of benzene rings is 1. The van der Waals surface area contributed by atoms with Gasteiger partial charge in [-0.25, -0.2) is 4.98 Å². The highest BCUT2D eigenvalue weighted by atomic mass is 16.5. The summed E-state index contributed by atoms with van der Waals surface area (Å²) >= 11 is 0. The van der Waals surface area contributed by atoms with E-state index in [0.717, 1.165) is 66.9 Å². The Bertz CT molecular complexity index is 1160. The molecule has 3 heterocycles. The largest absolute Gasteiger partial charge is 0.372 e. The van der Waals surface area contributed by atoms with Crippen molar-refractivity contribution in [3.05, 3.63) is 60.4 Å². The number of pyridine rings is 1. The van der Waals surface area contributed by atoms with E-state index in [1.807, 2.05) is 53.2 Å².